The van der Waals surface area contributed by atoms with Crippen LogP contribution in [-0.2, 0) is 10.3 Å². The first-order chi connectivity index (χ1) is 14.1. The van der Waals surface area contributed by atoms with E-state index in [0.717, 1.165) is 39.0 Å². The van der Waals surface area contributed by atoms with Crippen molar-refractivity contribution < 1.29 is 9.59 Å². The maximum absolute atomic E-state index is 13.2. The summed E-state index contributed by atoms with van der Waals surface area (Å²) in [7, 11) is 0. The summed E-state index contributed by atoms with van der Waals surface area (Å²) in [4.78, 5) is 27.8. The summed E-state index contributed by atoms with van der Waals surface area (Å²) in [6.07, 6.45) is 7.05. The van der Waals surface area contributed by atoms with Crippen molar-refractivity contribution in [3.05, 3.63) is 48.3 Å². The van der Waals surface area contributed by atoms with Crippen molar-refractivity contribution in [3.8, 4) is 0 Å². The molecule has 0 bridgehead atoms. The van der Waals surface area contributed by atoms with Crippen LogP contribution < -0.4 is 10.6 Å². The molecule has 2 aliphatic rings. The van der Waals surface area contributed by atoms with Gasteiger partial charge in [-0.05, 0) is 75.0 Å². The van der Waals surface area contributed by atoms with Crippen molar-refractivity contribution in [1.82, 2.24) is 20.0 Å². The molecule has 2 saturated heterocycles. The highest BCUT2D eigenvalue weighted by molar-refractivity contribution is 5.98. The van der Waals surface area contributed by atoms with Crippen molar-refractivity contribution in [2.45, 2.75) is 38.1 Å². The molecular weight excluding hydrogens is 402 g/mol. The molecule has 1 aromatic heterocycles. The molecule has 2 amide bonds. The van der Waals surface area contributed by atoms with Crippen LogP contribution in [0.15, 0.2) is 42.7 Å². The molecule has 4 rings (SSSR count). The van der Waals surface area contributed by atoms with Gasteiger partial charge >= 0.3 is 0 Å². The number of rotatable bonds is 4. The molecule has 2 fully saturated rings. The minimum atomic E-state index is -0.687. The minimum Gasteiger partial charge on any atom is -0.339 e. The van der Waals surface area contributed by atoms with Crippen molar-refractivity contribution in [3.63, 3.8) is 0 Å². The third kappa shape index (κ3) is 4.52. The van der Waals surface area contributed by atoms with Crippen molar-refractivity contribution in [1.29, 1.82) is 0 Å². The molecule has 1 aromatic carbocycles. The number of benzene rings is 1. The van der Waals surface area contributed by atoms with Gasteiger partial charge in [0.25, 0.3) is 11.8 Å². The van der Waals surface area contributed by atoms with Crippen LogP contribution in [0.25, 0.3) is 0 Å². The molecule has 8 heteroatoms. The van der Waals surface area contributed by atoms with Gasteiger partial charge < -0.3 is 15.5 Å². The maximum atomic E-state index is 13.2. The highest BCUT2D eigenvalue weighted by Gasteiger charge is 2.42. The zero-order valence-corrected chi connectivity index (χ0v) is 18.2. The highest BCUT2D eigenvalue weighted by atomic mass is 35.5. The lowest BCUT2D eigenvalue weighted by Gasteiger charge is -2.36. The first-order valence-electron chi connectivity index (χ1n) is 10.5. The van der Waals surface area contributed by atoms with Crippen LogP contribution in [0.4, 0.5) is 5.69 Å². The first-order valence-corrected chi connectivity index (χ1v) is 10.5. The second-order valence-corrected chi connectivity index (χ2v) is 8.24. The number of likely N-dealkylation sites (tertiary alicyclic amines) is 1. The van der Waals surface area contributed by atoms with E-state index in [0.29, 0.717) is 30.0 Å². The molecule has 162 valence electrons. The van der Waals surface area contributed by atoms with Gasteiger partial charge in [0.15, 0.2) is 0 Å². The first kappa shape index (κ1) is 22.3. The number of hydrogen-bond acceptors (Lipinski definition) is 4. The summed E-state index contributed by atoms with van der Waals surface area (Å²) < 4.78 is 1.78. The number of piperidine rings is 2. The van der Waals surface area contributed by atoms with E-state index in [9.17, 15) is 9.59 Å². The molecule has 0 saturated carbocycles. The van der Waals surface area contributed by atoms with Gasteiger partial charge in [0.05, 0.1) is 0 Å². The summed E-state index contributed by atoms with van der Waals surface area (Å²) in [6.45, 7) is 5.42. The predicted octanol–water partition coefficient (Wildman–Crippen LogP) is 2.89. The number of amides is 2. The van der Waals surface area contributed by atoms with E-state index in [-0.39, 0.29) is 24.2 Å². The Kier molecular flexibility index (Phi) is 7.15. The molecule has 2 aliphatic heterocycles. The van der Waals surface area contributed by atoms with Gasteiger partial charge in [-0.2, -0.15) is 5.10 Å². The second-order valence-electron chi connectivity index (χ2n) is 8.24. The van der Waals surface area contributed by atoms with Crippen LogP contribution in [0, 0.1) is 5.92 Å². The summed E-state index contributed by atoms with van der Waals surface area (Å²) in [5.74, 6) is 0.696. The molecule has 30 heavy (non-hydrogen) atoms. The summed E-state index contributed by atoms with van der Waals surface area (Å²) >= 11 is 0. The maximum Gasteiger partial charge on any atom is 0.253 e. The van der Waals surface area contributed by atoms with Gasteiger partial charge in [-0.15, -0.1) is 12.4 Å². The molecule has 2 aromatic rings. The molecule has 7 nitrogen and oxygen atoms in total. The minimum absolute atomic E-state index is 0. The third-order valence-corrected chi connectivity index (χ3v) is 6.26. The Morgan fingerprint density at radius 2 is 1.80 bits per heavy atom. The van der Waals surface area contributed by atoms with Gasteiger partial charge in [-0.1, -0.05) is 6.92 Å². The Labute approximate surface area is 183 Å². The average molecular weight is 432 g/mol. The lowest BCUT2D eigenvalue weighted by molar-refractivity contribution is -0.126. The third-order valence-electron chi connectivity index (χ3n) is 6.26. The van der Waals surface area contributed by atoms with E-state index in [1.165, 1.54) is 0 Å². The van der Waals surface area contributed by atoms with Crippen molar-refractivity contribution >= 4 is 29.9 Å². The van der Waals surface area contributed by atoms with Crippen LogP contribution in [0.2, 0.25) is 0 Å². The van der Waals surface area contributed by atoms with Gasteiger partial charge in [0.1, 0.15) is 5.54 Å². The lowest BCUT2D eigenvalue weighted by atomic mass is 9.87. The van der Waals surface area contributed by atoms with Crippen molar-refractivity contribution in [2.75, 3.05) is 31.5 Å². The molecular formula is C22H30ClN5O2. The number of nitrogens with one attached hydrogen (secondary N) is 2. The normalized spacial score (nSPS) is 19.0. The van der Waals surface area contributed by atoms with Crippen molar-refractivity contribution in [2.24, 2.45) is 5.92 Å². The Bertz CT molecular complexity index is 839. The molecule has 0 atom stereocenters. The van der Waals surface area contributed by atoms with Gasteiger partial charge in [0, 0.05) is 36.7 Å². The number of hydrogen-bond donors (Lipinski definition) is 2. The molecule has 0 radical (unpaired) electrons. The average Bonchev–Trinajstić information content (AvgIpc) is 3.30. The standard InChI is InChI=1S/C22H29N5O2.ClH/c1-17-7-15-26(16-8-17)20(28)18-3-5-19(6-4-18)25-21(29)22(9-12-23-13-10-22)27-14-2-11-24-27;/h2-6,11,14,17,23H,7-10,12-13,15-16H2,1H3,(H,25,29);1H. The fraction of sp³-hybridized carbons (Fsp3) is 0.500. The SMILES string of the molecule is CC1CCN(C(=O)c2ccc(NC(=O)C3(n4cccn4)CCNCC3)cc2)CC1.Cl. The summed E-state index contributed by atoms with van der Waals surface area (Å²) in [5, 5.41) is 10.7. The van der Waals surface area contributed by atoms with E-state index < -0.39 is 5.54 Å². The monoisotopic (exact) mass is 431 g/mol. The van der Waals surface area contributed by atoms with Crippen LogP contribution in [-0.4, -0.2) is 52.7 Å². The quantitative estimate of drug-likeness (QED) is 0.780. The zero-order valence-electron chi connectivity index (χ0n) is 17.3. The Balaban J connectivity index is 0.00000256. The smallest absolute Gasteiger partial charge is 0.253 e. The predicted molar refractivity (Wildman–Crippen MR) is 119 cm³/mol. The van der Waals surface area contributed by atoms with Gasteiger partial charge in [-0.3, -0.25) is 14.3 Å². The number of nitrogens with zero attached hydrogens (tertiary/aromatic N) is 3. The second kappa shape index (κ2) is 9.62. The molecule has 0 aliphatic carbocycles. The largest absolute Gasteiger partial charge is 0.339 e. The van der Waals surface area contributed by atoms with Gasteiger partial charge in [-0.25, -0.2) is 0 Å². The van der Waals surface area contributed by atoms with Gasteiger partial charge in [0.2, 0.25) is 0 Å². The van der Waals surface area contributed by atoms with E-state index in [2.05, 4.69) is 22.7 Å². The van der Waals surface area contributed by atoms with E-state index in [1.54, 1.807) is 23.0 Å². The lowest BCUT2D eigenvalue weighted by Crippen LogP contribution is -2.52. The summed E-state index contributed by atoms with van der Waals surface area (Å²) in [6, 6.07) is 9.09. The van der Waals surface area contributed by atoms with Crippen LogP contribution in [0.5, 0.6) is 0 Å². The van der Waals surface area contributed by atoms with Crippen LogP contribution in [0.1, 0.15) is 43.0 Å². The fourth-order valence-corrected chi connectivity index (χ4v) is 4.26. The molecule has 3 heterocycles. The summed E-state index contributed by atoms with van der Waals surface area (Å²) in [5.41, 5.74) is 0.679. The number of halogens is 1. The van der Waals surface area contributed by atoms with Crippen LogP contribution >= 0.6 is 12.4 Å². The Morgan fingerprint density at radius 3 is 2.40 bits per heavy atom. The topological polar surface area (TPSA) is 79.3 Å². The number of carbonyl (C=O) groups excluding carboxylic acids is 2. The Hall–Kier alpha value is -2.38. The number of anilines is 1. The molecule has 2 N–H and O–H groups in total. The molecule has 0 unspecified atom stereocenters. The molecule has 0 spiro atoms. The van der Waals surface area contributed by atoms with E-state index in [1.807, 2.05) is 29.3 Å². The number of carbonyl (C=O) groups is 2. The fourth-order valence-electron chi connectivity index (χ4n) is 4.26. The number of aromatic nitrogens is 2. The van der Waals surface area contributed by atoms with E-state index in [4.69, 9.17) is 0 Å². The van der Waals surface area contributed by atoms with E-state index >= 15 is 0 Å². The zero-order chi connectivity index (χ0) is 20.3. The Morgan fingerprint density at radius 1 is 1.13 bits per heavy atom. The highest BCUT2D eigenvalue weighted by Crippen LogP contribution is 2.29. The van der Waals surface area contributed by atoms with Crippen LogP contribution in [0.3, 0.4) is 0 Å².